The molecule has 1 heterocycles. The third-order valence-electron chi connectivity index (χ3n) is 6.09. The first-order chi connectivity index (χ1) is 18.3. The number of carbonyl (C=O) groups excluding carboxylic acids is 2. The van der Waals surface area contributed by atoms with Gasteiger partial charge < -0.3 is 19.9 Å². The molecule has 0 radical (unpaired) electrons. The number of piperazine rings is 1. The van der Waals surface area contributed by atoms with Crippen LogP contribution in [0.25, 0.3) is 0 Å². The Hall–Kier alpha value is -3.82. The zero-order chi connectivity index (χ0) is 27.2. The first kappa shape index (κ1) is 27.2. The van der Waals surface area contributed by atoms with Gasteiger partial charge in [0.15, 0.2) is 0 Å². The number of amides is 2. The summed E-state index contributed by atoms with van der Waals surface area (Å²) < 4.78 is 5.58. The van der Waals surface area contributed by atoms with E-state index in [0.717, 1.165) is 23.9 Å². The van der Waals surface area contributed by atoms with Gasteiger partial charge in [-0.3, -0.25) is 19.7 Å². The first-order valence-corrected chi connectivity index (χ1v) is 12.8. The molecule has 1 N–H and O–H groups in total. The van der Waals surface area contributed by atoms with Gasteiger partial charge in [-0.1, -0.05) is 30.1 Å². The fourth-order valence-electron chi connectivity index (χ4n) is 4.08. The minimum absolute atomic E-state index is 0.0294. The van der Waals surface area contributed by atoms with E-state index in [4.69, 9.17) is 27.9 Å². The van der Waals surface area contributed by atoms with Gasteiger partial charge >= 0.3 is 0 Å². The second kappa shape index (κ2) is 12.1. The quantitative estimate of drug-likeness (QED) is 0.273. The third kappa shape index (κ3) is 6.35. The average molecular weight is 557 g/mol. The number of anilines is 2. The Kier molecular flexibility index (Phi) is 8.70. The predicted molar refractivity (Wildman–Crippen MR) is 148 cm³/mol. The second-order valence-electron chi connectivity index (χ2n) is 8.70. The van der Waals surface area contributed by atoms with Crippen LogP contribution >= 0.6 is 23.2 Å². The molecule has 0 aromatic heterocycles. The lowest BCUT2D eigenvalue weighted by Crippen LogP contribution is -2.48. The van der Waals surface area contributed by atoms with Crippen molar-refractivity contribution in [2.75, 3.05) is 43.0 Å². The maximum atomic E-state index is 12.9. The van der Waals surface area contributed by atoms with E-state index in [-0.39, 0.29) is 22.2 Å². The van der Waals surface area contributed by atoms with Gasteiger partial charge in [-0.05, 0) is 61.0 Å². The van der Waals surface area contributed by atoms with Gasteiger partial charge in [-0.15, -0.1) is 0 Å². The van der Waals surface area contributed by atoms with Crippen molar-refractivity contribution in [3.63, 3.8) is 0 Å². The second-order valence-corrected chi connectivity index (χ2v) is 9.51. The van der Waals surface area contributed by atoms with Crippen molar-refractivity contribution in [1.29, 1.82) is 0 Å². The van der Waals surface area contributed by atoms with E-state index < -0.39 is 10.8 Å². The molecule has 0 bridgehead atoms. The molecule has 2 amide bonds. The van der Waals surface area contributed by atoms with E-state index in [0.29, 0.717) is 49.1 Å². The van der Waals surface area contributed by atoms with Crippen LogP contribution in [0.2, 0.25) is 10.0 Å². The molecule has 198 valence electrons. The van der Waals surface area contributed by atoms with Gasteiger partial charge in [0, 0.05) is 49.1 Å². The van der Waals surface area contributed by atoms with E-state index >= 15 is 0 Å². The summed E-state index contributed by atoms with van der Waals surface area (Å²) >= 11 is 12.4. The maximum absolute atomic E-state index is 12.9. The van der Waals surface area contributed by atoms with Crippen molar-refractivity contribution >= 4 is 52.1 Å². The molecule has 0 aliphatic carbocycles. The Morgan fingerprint density at radius 1 is 0.947 bits per heavy atom. The van der Waals surface area contributed by atoms with E-state index in [2.05, 4.69) is 10.2 Å². The molecule has 1 fully saturated rings. The number of benzene rings is 3. The Labute approximate surface area is 230 Å². The van der Waals surface area contributed by atoms with Crippen molar-refractivity contribution in [3.05, 3.63) is 92.0 Å². The number of nitro benzene ring substituents is 1. The predicted octanol–water partition coefficient (Wildman–Crippen LogP) is 5.91. The molecule has 4 rings (SSSR count). The third-order valence-corrected chi connectivity index (χ3v) is 6.71. The van der Waals surface area contributed by atoms with Gasteiger partial charge in [0.2, 0.25) is 0 Å². The van der Waals surface area contributed by atoms with Crippen molar-refractivity contribution in [3.8, 4) is 5.75 Å². The highest BCUT2D eigenvalue weighted by atomic mass is 35.5. The number of rotatable bonds is 8. The molecule has 11 heteroatoms. The number of ether oxygens (including phenoxy) is 1. The Balaban J connectivity index is 1.35. The fourth-order valence-corrected chi connectivity index (χ4v) is 4.57. The van der Waals surface area contributed by atoms with Gasteiger partial charge in [0.1, 0.15) is 10.8 Å². The fraction of sp³-hybridized carbons (Fsp3) is 0.259. The zero-order valence-electron chi connectivity index (χ0n) is 20.7. The van der Waals surface area contributed by atoms with Crippen LogP contribution < -0.4 is 15.0 Å². The number of nitrogens with zero attached hydrogens (tertiary/aromatic N) is 3. The summed E-state index contributed by atoms with van der Waals surface area (Å²) in [5.74, 6) is 0.195. The molecule has 0 spiro atoms. The standard InChI is InChI=1S/C27H26Cl2N4O5/c1-2-15-38-21-7-3-18(4-8-21)27(35)32-13-11-31(12-14-32)24-10-6-20(17-23(24)29)30-26(34)19-5-9-22(28)25(16-19)33(36)37/h3-10,16-17H,2,11-15H2,1H3,(H,30,34). The number of halogens is 2. The largest absolute Gasteiger partial charge is 0.494 e. The molecule has 1 aliphatic rings. The Bertz CT molecular complexity index is 1340. The van der Waals surface area contributed by atoms with Crippen LogP contribution in [0.3, 0.4) is 0 Å². The minimum atomic E-state index is -0.642. The van der Waals surface area contributed by atoms with E-state index in [1.165, 1.54) is 12.1 Å². The highest BCUT2D eigenvalue weighted by Gasteiger charge is 2.24. The highest BCUT2D eigenvalue weighted by molar-refractivity contribution is 6.34. The number of carbonyl (C=O) groups is 2. The lowest BCUT2D eigenvalue weighted by Gasteiger charge is -2.36. The normalized spacial score (nSPS) is 13.2. The smallest absolute Gasteiger partial charge is 0.288 e. The van der Waals surface area contributed by atoms with Gasteiger partial charge in [-0.2, -0.15) is 0 Å². The topological polar surface area (TPSA) is 105 Å². The summed E-state index contributed by atoms with van der Waals surface area (Å²) in [5, 5.41) is 14.2. The molecule has 0 atom stereocenters. The van der Waals surface area contributed by atoms with Crippen LogP contribution in [0, 0.1) is 10.1 Å². The number of nitro groups is 1. The van der Waals surface area contributed by atoms with Crippen LogP contribution in [0.5, 0.6) is 5.75 Å². The lowest BCUT2D eigenvalue weighted by atomic mass is 10.1. The average Bonchev–Trinajstić information content (AvgIpc) is 2.92. The summed E-state index contributed by atoms with van der Waals surface area (Å²) in [7, 11) is 0. The van der Waals surface area contributed by atoms with Crippen LogP contribution in [0.1, 0.15) is 34.1 Å². The van der Waals surface area contributed by atoms with Gasteiger partial charge in [0.25, 0.3) is 17.5 Å². The molecule has 3 aromatic carbocycles. The molecular formula is C27H26Cl2N4O5. The monoisotopic (exact) mass is 556 g/mol. The van der Waals surface area contributed by atoms with Crippen LogP contribution in [-0.4, -0.2) is 54.4 Å². The van der Waals surface area contributed by atoms with Crippen LogP contribution in [0.15, 0.2) is 60.7 Å². The van der Waals surface area contributed by atoms with Crippen molar-refractivity contribution in [1.82, 2.24) is 4.90 Å². The minimum Gasteiger partial charge on any atom is -0.494 e. The molecule has 0 unspecified atom stereocenters. The van der Waals surface area contributed by atoms with Crippen molar-refractivity contribution < 1.29 is 19.2 Å². The maximum Gasteiger partial charge on any atom is 0.288 e. The van der Waals surface area contributed by atoms with Crippen LogP contribution in [0.4, 0.5) is 17.1 Å². The summed E-state index contributed by atoms with van der Waals surface area (Å²) in [4.78, 5) is 39.9. The molecule has 1 saturated heterocycles. The summed E-state index contributed by atoms with van der Waals surface area (Å²) in [6.07, 6.45) is 0.919. The van der Waals surface area contributed by atoms with E-state index in [1.54, 1.807) is 30.3 Å². The molecule has 9 nitrogen and oxygen atoms in total. The SMILES string of the molecule is CCCOc1ccc(C(=O)N2CCN(c3ccc(NC(=O)c4ccc(Cl)c([N+](=O)[O-])c4)cc3Cl)CC2)cc1. The molecule has 3 aromatic rings. The van der Waals surface area contributed by atoms with Crippen LogP contribution in [-0.2, 0) is 0 Å². The van der Waals surface area contributed by atoms with Crippen molar-refractivity contribution in [2.24, 2.45) is 0 Å². The number of hydrogen-bond donors (Lipinski definition) is 1. The van der Waals surface area contributed by atoms with E-state index in [1.807, 2.05) is 24.0 Å². The Morgan fingerprint density at radius 3 is 2.26 bits per heavy atom. The van der Waals surface area contributed by atoms with Gasteiger partial charge in [-0.25, -0.2) is 0 Å². The Morgan fingerprint density at radius 2 is 1.63 bits per heavy atom. The highest BCUT2D eigenvalue weighted by Crippen LogP contribution is 2.31. The summed E-state index contributed by atoms with van der Waals surface area (Å²) in [6, 6.07) is 16.2. The molecule has 0 saturated carbocycles. The van der Waals surface area contributed by atoms with E-state index in [9.17, 15) is 19.7 Å². The summed E-state index contributed by atoms with van der Waals surface area (Å²) in [6.45, 7) is 4.95. The molecule has 38 heavy (non-hydrogen) atoms. The number of hydrogen-bond acceptors (Lipinski definition) is 6. The molecular weight excluding hydrogens is 531 g/mol. The summed E-state index contributed by atoms with van der Waals surface area (Å²) in [5.41, 5.74) is 1.61. The lowest BCUT2D eigenvalue weighted by molar-refractivity contribution is -0.384. The number of nitrogens with one attached hydrogen (secondary N) is 1. The van der Waals surface area contributed by atoms with Crippen molar-refractivity contribution in [2.45, 2.75) is 13.3 Å². The molecule has 1 aliphatic heterocycles. The first-order valence-electron chi connectivity index (χ1n) is 12.1. The van der Waals surface area contributed by atoms with Gasteiger partial charge in [0.05, 0.1) is 22.2 Å². The zero-order valence-corrected chi connectivity index (χ0v) is 22.2.